The summed E-state index contributed by atoms with van der Waals surface area (Å²) in [4.78, 5) is 0. The van der Waals surface area contributed by atoms with Gasteiger partial charge >= 0.3 is 0 Å². The van der Waals surface area contributed by atoms with E-state index in [4.69, 9.17) is 37.9 Å². The molecule has 0 amide bonds. The Bertz CT molecular complexity index is 3590. The predicted octanol–water partition coefficient (Wildman–Crippen LogP) is 19.7. The van der Waals surface area contributed by atoms with E-state index >= 15 is 0 Å². The first-order chi connectivity index (χ1) is 54.5. The number of allylic oxidation sites excluding steroid dienone is 2. The highest BCUT2D eigenvalue weighted by Crippen LogP contribution is 2.22. The predicted molar refractivity (Wildman–Crippen MR) is 450 cm³/mol. The Morgan fingerprint density at radius 2 is 0.373 bits per heavy atom. The van der Waals surface area contributed by atoms with Gasteiger partial charge in [-0.05, 0) is 166 Å². The molecule has 0 fully saturated rings. The second kappa shape index (κ2) is 53.7. The van der Waals surface area contributed by atoms with Crippen molar-refractivity contribution in [3.05, 3.63) is 310 Å². The topological polar surface area (TPSA) is 146 Å². The third-order valence-corrected chi connectivity index (χ3v) is 19.2. The summed E-state index contributed by atoms with van der Waals surface area (Å²) >= 11 is 0. The van der Waals surface area contributed by atoms with Crippen LogP contribution in [0, 0.1) is 0 Å². The Labute approximate surface area is 658 Å². The first-order valence-corrected chi connectivity index (χ1v) is 40.6. The second-order valence-corrected chi connectivity index (χ2v) is 28.4. The summed E-state index contributed by atoms with van der Waals surface area (Å²) in [5.74, 6) is 4.98. The van der Waals surface area contributed by atoms with Crippen molar-refractivity contribution in [3.63, 3.8) is 0 Å². The first-order valence-electron chi connectivity index (χ1n) is 40.6. The molecular formula is C96H124N6O8. The minimum Gasteiger partial charge on any atom is -0.494 e. The molecule has 6 N–H and O–H groups in total. The minimum absolute atomic E-state index is 0.413. The fraction of sp³-hybridized carbons (Fsp3) is 0.396. The summed E-state index contributed by atoms with van der Waals surface area (Å²) in [5.41, 5.74) is 15.1. The Balaban J connectivity index is 0.513. The van der Waals surface area contributed by atoms with E-state index in [2.05, 4.69) is 215 Å². The van der Waals surface area contributed by atoms with Crippen molar-refractivity contribution in [2.75, 3.05) is 66.1 Å². The van der Waals surface area contributed by atoms with Gasteiger partial charge in [-0.2, -0.15) is 0 Å². The summed E-state index contributed by atoms with van der Waals surface area (Å²) in [7, 11) is 0. The Morgan fingerprint density at radius 3 is 0.591 bits per heavy atom. The number of hydrogen-bond donors (Lipinski definition) is 6. The number of nitrogens with one attached hydrogen (secondary N) is 6. The van der Waals surface area contributed by atoms with E-state index in [1.807, 2.05) is 60.7 Å². The van der Waals surface area contributed by atoms with Crippen LogP contribution in [0.3, 0.4) is 0 Å². The average Bonchev–Trinajstić information content (AvgIpc) is 0.912. The lowest BCUT2D eigenvalue weighted by Crippen LogP contribution is -2.14. The molecule has 0 unspecified atom stereocenters. The highest BCUT2D eigenvalue weighted by molar-refractivity contribution is 5.35. The van der Waals surface area contributed by atoms with Gasteiger partial charge in [0.05, 0.1) is 39.6 Å². The molecule has 0 aliphatic rings. The molecule has 0 atom stereocenters. The molecular weight excluding hydrogens is 1370 g/mol. The zero-order chi connectivity index (χ0) is 76.0. The molecule has 14 nitrogen and oxygen atoms in total. The monoisotopic (exact) mass is 1490 g/mol. The van der Waals surface area contributed by atoms with Crippen molar-refractivity contribution in [2.45, 2.75) is 181 Å². The maximum Gasteiger partial charge on any atom is 0.123 e. The van der Waals surface area contributed by atoms with Gasteiger partial charge in [-0.15, -0.1) is 13.2 Å². The van der Waals surface area contributed by atoms with Gasteiger partial charge in [0.25, 0.3) is 0 Å². The molecule has 0 saturated carbocycles. The summed E-state index contributed by atoms with van der Waals surface area (Å²) in [5, 5.41) is 21.5. The van der Waals surface area contributed by atoms with Crippen molar-refractivity contribution in [3.8, 4) is 34.5 Å². The van der Waals surface area contributed by atoms with Crippen LogP contribution in [-0.2, 0) is 88.0 Å². The van der Waals surface area contributed by atoms with Crippen LogP contribution in [0.5, 0.6) is 34.5 Å². The number of unbranched alkanes of at least 4 members (excludes halogenated alkanes) is 14. The molecule has 0 heterocycles. The minimum atomic E-state index is 0.413. The third kappa shape index (κ3) is 36.6. The Morgan fingerprint density at radius 1 is 0.191 bits per heavy atom. The van der Waals surface area contributed by atoms with E-state index in [9.17, 15) is 0 Å². The standard InChI is InChI=1S/C96H124N6O8/c1-3-5-7-9-11-13-15-17-19-56-105-91-48-40-87(41-49-91)75-99-71-83-32-24-79(25-33-83)67-97-69-81-28-36-85(37-29-81)73-101-77-89-44-52-93(53-45-89)107-62-58-103-60-64-109-95-22-21-23-96(66-95)110-65-61-104-59-63-108-94-54-46-90(47-55-94)78-102-74-86-38-30-82(31-39-86)70-98-68-80-26-34-84(35-27-80)72-100-76-88-42-50-92(51-43-88)106-57-20-18-16-14-12-10-8-6-4-2/h3-4,21-55,66,97-102H,1-2,5-20,56-65,67-78H2. The lowest BCUT2D eigenvalue weighted by molar-refractivity contribution is 0.0747. The smallest absolute Gasteiger partial charge is 0.123 e. The fourth-order valence-electron chi connectivity index (χ4n) is 12.7. The molecule has 0 saturated heterocycles. The third-order valence-electron chi connectivity index (χ3n) is 19.2. The molecule has 0 aliphatic heterocycles. The number of ether oxygens (including phenoxy) is 8. The zero-order valence-electron chi connectivity index (χ0n) is 65.5. The van der Waals surface area contributed by atoms with Gasteiger partial charge in [-0.3, -0.25) is 0 Å². The number of benzene rings is 9. The van der Waals surface area contributed by atoms with Crippen LogP contribution < -0.4 is 60.3 Å². The summed E-state index contributed by atoms with van der Waals surface area (Å²) in [6.45, 7) is 22.4. The molecule has 9 aromatic carbocycles. The molecule has 14 heteroatoms. The van der Waals surface area contributed by atoms with E-state index in [0.717, 1.165) is 152 Å². The molecule has 9 rings (SSSR count). The lowest BCUT2D eigenvalue weighted by atomic mass is 10.1. The largest absolute Gasteiger partial charge is 0.494 e. The van der Waals surface area contributed by atoms with Crippen molar-refractivity contribution in [1.29, 1.82) is 0 Å². The van der Waals surface area contributed by atoms with Crippen LogP contribution in [0.2, 0.25) is 0 Å². The van der Waals surface area contributed by atoms with Crippen LogP contribution in [-0.4, -0.2) is 66.1 Å². The molecule has 0 aromatic heterocycles. The second-order valence-electron chi connectivity index (χ2n) is 28.4. The molecule has 9 aromatic rings. The van der Waals surface area contributed by atoms with Crippen molar-refractivity contribution < 1.29 is 37.9 Å². The van der Waals surface area contributed by atoms with E-state index in [-0.39, 0.29) is 0 Å². The fourth-order valence-corrected chi connectivity index (χ4v) is 12.7. The van der Waals surface area contributed by atoms with E-state index in [0.29, 0.717) is 52.9 Å². The van der Waals surface area contributed by atoms with Crippen LogP contribution in [0.4, 0.5) is 0 Å². The highest BCUT2D eigenvalue weighted by atomic mass is 16.6. The highest BCUT2D eigenvalue weighted by Gasteiger charge is 2.08. The summed E-state index contributed by atoms with van der Waals surface area (Å²) in [6, 6.07) is 76.5. The van der Waals surface area contributed by atoms with Gasteiger partial charge in [0.2, 0.25) is 0 Å². The maximum absolute atomic E-state index is 5.99. The normalized spacial score (nSPS) is 11.2. The zero-order valence-corrected chi connectivity index (χ0v) is 65.5. The van der Waals surface area contributed by atoms with Gasteiger partial charge in [0.1, 0.15) is 60.9 Å². The molecule has 110 heavy (non-hydrogen) atoms. The summed E-state index contributed by atoms with van der Waals surface area (Å²) < 4.78 is 47.4. The number of hydrogen-bond acceptors (Lipinski definition) is 14. The lowest BCUT2D eigenvalue weighted by Gasteiger charge is -2.11. The van der Waals surface area contributed by atoms with E-state index < -0.39 is 0 Å². The molecule has 0 bridgehead atoms. The van der Waals surface area contributed by atoms with Gasteiger partial charge in [0, 0.05) is 84.6 Å². The Hall–Kier alpha value is -9.06. The van der Waals surface area contributed by atoms with Crippen LogP contribution >= 0.6 is 0 Å². The quantitative estimate of drug-likeness (QED) is 0.0159. The van der Waals surface area contributed by atoms with Crippen LogP contribution in [0.25, 0.3) is 0 Å². The van der Waals surface area contributed by atoms with Crippen molar-refractivity contribution in [1.82, 2.24) is 31.9 Å². The SMILES string of the molecule is C=CCCCCCCCCCOc1ccc(CNCc2ccc(CNCc3ccc(CNCc4ccc(OCCOCCOc5cccc(OCCOCCOc6ccc(CNCc7ccc(CNCc8ccc(CNCc9ccc(OCCCCCCCCCC=C)cc9)cc8)cc7)cc6)c5)cc4)cc3)cc2)cc1. The first kappa shape index (κ1) is 85.0. The number of rotatable bonds is 62. The van der Waals surface area contributed by atoms with Crippen molar-refractivity contribution in [2.24, 2.45) is 0 Å². The molecule has 586 valence electrons. The van der Waals surface area contributed by atoms with Crippen LogP contribution in [0.15, 0.2) is 244 Å². The summed E-state index contributed by atoms with van der Waals surface area (Å²) in [6.07, 6.45) is 24.1. The molecule has 0 spiro atoms. The van der Waals surface area contributed by atoms with Gasteiger partial charge in [-0.25, -0.2) is 0 Å². The van der Waals surface area contributed by atoms with Crippen LogP contribution in [0.1, 0.15) is 169 Å². The maximum atomic E-state index is 5.99. The van der Waals surface area contributed by atoms with E-state index in [1.54, 1.807) is 0 Å². The van der Waals surface area contributed by atoms with E-state index in [1.165, 1.54) is 144 Å². The van der Waals surface area contributed by atoms with Gasteiger partial charge in [-0.1, -0.05) is 228 Å². The average molecular weight is 1490 g/mol. The van der Waals surface area contributed by atoms with Crippen molar-refractivity contribution >= 4 is 0 Å². The molecule has 0 aliphatic carbocycles. The Kier molecular flexibility index (Phi) is 41.5. The molecule has 0 radical (unpaired) electrons. The van der Waals surface area contributed by atoms with Gasteiger partial charge in [0.15, 0.2) is 0 Å². The van der Waals surface area contributed by atoms with Gasteiger partial charge < -0.3 is 69.8 Å².